The molecule has 2 atom stereocenters. The highest BCUT2D eigenvalue weighted by atomic mass is 15.2. The van der Waals surface area contributed by atoms with E-state index in [1.807, 2.05) is 18.3 Å². The van der Waals surface area contributed by atoms with Crippen molar-refractivity contribution in [1.29, 1.82) is 0 Å². The van der Waals surface area contributed by atoms with Gasteiger partial charge in [-0.25, -0.2) is 9.50 Å². The molecule has 0 aliphatic heterocycles. The van der Waals surface area contributed by atoms with Crippen molar-refractivity contribution in [2.45, 2.75) is 19.3 Å². The lowest BCUT2D eigenvalue weighted by Crippen LogP contribution is -2.24. The molecule has 0 aromatic carbocycles. The monoisotopic (exact) mass is 245 g/mol. The SMILES string of the molecule is NCC1CCCC1CNc1ccn2nccc2n1. The Kier molecular flexibility index (Phi) is 3.15. The van der Waals surface area contributed by atoms with Crippen LogP contribution in [0.5, 0.6) is 0 Å². The first-order valence-electron chi connectivity index (χ1n) is 6.61. The van der Waals surface area contributed by atoms with Gasteiger partial charge in [0.1, 0.15) is 5.82 Å². The smallest absolute Gasteiger partial charge is 0.157 e. The zero-order valence-corrected chi connectivity index (χ0v) is 10.4. The first-order valence-corrected chi connectivity index (χ1v) is 6.61. The number of hydrogen-bond acceptors (Lipinski definition) is 4. The summed E-state index contributed by atoms with van der Waals surface area (Å²) in [6.45, 7) is 1.78. The molecule has 0 amide bonds. The topological polar surface area (TPSA) is 68.2 Å². The van der Waals surface area contributed by atoms with Crippen molar-refractivity contribution < 1.29 is 0 Å². The Morgan fingerprint density at radius 1 is 1.33 bits per heavy atom. The largest absolute Gasteiger partial charge is 0.370 e. The van der Waals surface area contributed by atoms with Crippen molar-refractivity contribution in [3.63, 3.8) is 0 Å². The van der Waals surface area contributed by atoms with Gasteiger partial charge in [0.15, 0.2) is 5.65 Å². The van der Waals surface area contributed by atoms with Crippen LogP contribution in [0.25, 0.3) is 5.65 Å². The van der Waals surface area contributed by atoms with E-state index in [9.17, 15) is 0 Å². The summed E-state index contributed by atoms with van der Waals surface area (Å²) in [5, 5.41) is 7.56. The lowest BCUT2D eigenvalue weighted by Gasteiger charge is -2.18. The fourth-order valence-electron chi connectivity index (χ4n) is 2.84. The van der Waals surface area contributed by atoms with Crippen molar-refractivity contribution in [1.82, 2.24) is 14.6 Å². The molecule has 2 heterocycles. The third-order valence-electron chi connectivity index (χ3n) is 3.92. The molecule has 2 aromatic rings. The average Bonchev–Trinajstić information content (AvgIpc) is 3.04. The van der Waals surface area contributed by atoms with E-state index in [4.69, 9.17) is 5.73 Å². The van der Waals surface area contributed by atoms with E-state index in [1.165, 1.54) is 19.3 Å². The summed E-state index contributed by atoms with van der Waals surface area (Å²) in [5.41, 5.74) is 6.68. The normalized spacial score (nSPS) is 23.6. The summed E-state index contributed by atoms with van der Waals surface area (Å²) in [7, 11) is 0. The maximum Gasteiger partial charge on any atom is 0.157 e. The van der Waals surface area contributed by atoms with Crippen LogP contribution in [0.15, 0.2) is 24.5 Å². The standard InChI is InChI=1S/C13H19N5/c14-8-10-2-1-3-11(10)9-15-12-5-7-18-13(17-12)4-6-16-18/h4-7,10-11H,1-3,8-9,14H2,(H,15,17). The molecule has 0 radical (unpaired) electrons. The fraction of sp³-hybridized carbons (Fsp3) is 0.538. The van der Waals surface area contributed by atoms with E-state index in [0.717, 1.165) is 24.6 Å². The Hall–Kier alpha value is -1.62. The molecule has 3 N–H and O–H groups in total. The minimum atomic E-state index is 0.677. The summed E-state index contributed by atoms with van der Waals surface area (Å²) < 4.78 is 1.77. The molecule has 96 valence electrons. The maximum atomic E-state index is 5.80. The van der Waals surface area contributed by atoms with Crippen LogP contribution in [0.1, 0.15) is 19.3 Å². The molecule has 1 aliphatic rings. The first kappa shape index (κ1) is 11.5. The van der Waals surface area contributed by atoms with Crippen LogP contribution in [0.2, 0.25) is 0 Å². The zero-order valence-electron chi connectivity index (χ0n) is 10.4. The summed E-state index contributed by atoms with van der Waals surface area (Å²) in [6, 6.07) is 3.87. The second-order valence-electron chi connectivity index (χ2n) is 5.01. The lowest BCUT2D eigenvalue weighted by molar-refractivity contribution is 0.414. The molecule has 1 fully saturated rings. The van der Waals surface area contributed by atoms with Gasteiger partial charge in [-0.15, -0.1) is 0 Å². The number of rotatable bonds is 4. The Morgan fingerprint density at radius 2 is 2.22 bits per heavy atom. The molecule has 5 nitrogen and oxygen atoms in total. The van der Waals surface area contributed by atoms with E-state index in [-0.39, 0.29) is 0 Å². The fourth-order valence-corrected chi connectivity index (χ4v) is 2.84. The van der Waals surface area contributed by atoms with Crippen molar-refractivity contribution in [3.8, 4) is 0 Å². The number of aromatic nitrogens is 3. The molecule has 18 heavy (non-hydrogen) atoms. The van der Waals surface area contributed by atoms with Gasteiger partial charge in [-0.05, 0) is 37.3 Å². The molecule has 5 heteroatoms. The van der Waals surface area contributed by atoms with Crippen LogP contribution in [0, 0.1) is 11.8 Å². The zero-order chi connectivity index (χ0) is 12.4. The van der Waals surface area contributed by atoms with Crippen LogP contribution in [0.3, 0.4) is 0 Å². The average molecular weight is 245 g/mol. The molecular weight excluding hydrogens is 226 g/mol. The second kappa shape index (κ2) is 4.94. The van der Waals surface area contributed by atoms with Crippen LogP contribution in [-0.4, -0.2) is 27.7 Å². The highest BCUT2D eigenvalue weighted by Gasteiger charge is 2.25. The van der Waals surface area contributed by atoms with Crippen molar-refractivity contribution in [2.24, 2.45) is 17.6 Å². The summed E-state index contributed by atoms with van der Waals surface area (Å²) in [5.74, 6) is 2.29. The van der Waals surface area contributed by atoms with Crippen molar-refractivity contribution in [3.05, 3.63) is 24.5 Å². The molecule has 3 rings (SSSR count). The second-order valence-corrected chi connectivity index (χ2v) is 5.01. The minimum absolute atomic E-state index is 0.677. The lowest BCUT2D eigenvalue weighted by atomic mass is 9.96. The quantitative estimate of drug-likeness (QED) is 0.857. The number of anilines is 1. The molecular formula is C13H19N5. The minimum Gasteiger partial charge on any atom is -0.370 e. The Balaban J connectivity index is 1.65. The Labute approximate surface area is 106 Å². The highest BCUT2D eigenvalue weighted by molar-refractivity contribution is 5.45. The van der Waals surface area contributed by atoms with Crippen LogP contribution < -0.4 is 11.1 Å². The van der Waals surface area contributed by atoms with Crippen LogP contribution >= 0.6 is 0 Å². The molecule has 0 spiro atoms. The Bertz CT molecular complexity index is 521. The predicted octanol–water partition coefficient (Wildman–Crippen LogP) is 1.52. The number of nitrogens with two attached hydrogens (primary N) is 1. The first-order chi connectivity index (χ1) is 8.86. The van der Waals surface area contributed by atoms with Gasteiger partial charge in [-0.1, -0.05) is 6.42 Å². The molecule has 0 bridgehead atoms. The molecule has 2 unspecified atom stereocenters. The van der Waals surface area contributed by atoms with Gasteiger partial charge >= 0.3 is 0 Å². The third-order valence-corrected chi connectivity index (χ3v) is 3.92. The summed E-state index contributed by atoms with van der Waals surface area (Å²) >= 11 is 0. The van der Waals surface area contributed by atoms with Gasteiger partial charge < -0.3 is 11.1 Å². The summed E-state index contributed by atoms with van der Waals surface area (Å²) in [4.78, 5) is 4.51. The Morgan fingerprint density at radius 3 is 3.11 bits per heavy atom. The van der Waals surface area contributed by atoms with Gasteiger partial charge in [-0.3, -0.25) is 0 Å². The number of nitrogens with zero attached hydrogens (tertiary/aromatic N) is 3. The molecule has 0 saturated heterocycles. The van der Waals surface area contributed by atoms with E-state index in [2.05, 4.69) is 15.4 Å². The molecule has 2 aromatic heterocycles. The van der Waals surface area contributed by atoms with Gasteiger partial charge in [0, 0.05) is 18.8 Å². The third kappa shape index (κ3) is 2.18. The highest BCUT2D eigenvalue weighted by Crippen LogP contribution is 2.30. The number of hydrogen-bond donors (Lipinski definition) is 2. The van der Waals surface area contributed by atoms with E-state index >= 15 is 0 Å². The van der Waals surface area contributed by atoms with Gasteiger partial charge in [-0.2, -0.15) is 5.10 Å². The van der Waals surface area contributed by atoms with Gasteiger partial charge in [0.05, 0.1) is 6.20 Å². The molecule has 1 saturated carbocycles. The van der Waals surface area contributed by atoms with E-state index < -0.39 is 0 Å². The maximum absolute atomic E-state index is 5.80. The van der Waals surface area contributed by atoms with Crippen molar-refractivity contribution >= 4 is 11.5 Å². The number of fused-ring (bicyclic) bond motifs is 1. The summed E-state index contributed by atoms with van der Waals surface area (Å²) in [6.07, 6.45) is 7.55. The van der Waals surface area contributed by atoms with Crippen LogP contribution in [-0.2, 0) is 0 Å². The molecule has 1 aliphatic carbocycles. The van der Waals surface area contributed by atoms with Gasteiger partial charge in [0.2, 0.25) is 0 Å². The van der Waals surface area contributed by atoms with E-state index in [0.29, 0.717) is 11.8 Å². The predicted molar refractivity (Wildman–Crippen MR) is 71.4 cm³/mol. The number of nitrogens with one attached hydrogen (secondary N) is 1. The van der Waals surface area contributed by atoms with Crippen LogP contribution in [0.4, 0.5) is 5.82 Å². The van der Waals surface area contributed by atoms with Crippen molar-refractivity contribution in [2.75, 3.05) is 18.4 Å². The van der Waals surface area contributed by atoms with E-state index in [1.54, 1.807) is 10.7 Å². The van der Waals surface area contributed by atoms with Gasteiger partial charge in [0.25, 0.3) is 0 Å².